The van der Waals surface area contributed by atoms with Crippen LogP contribution in [-0.4, -0.2) is 57.9 Å². The van der Waals surface area contributed by atoms with Crippen molar-refractivity contribution in [2.45, 2.75) is 140 Å². The molecule has 0 aromatic heterocycles. The van der Waals surface area contributed by atoms with Gasteiger partial charge in [-0.05, 0) is 126 Å². The first kappa shape index (κ1) is 34.5. The number of hydrogen-bond donors (Lipinski definition) is 0. The molecule has 0 aromatic rings. The molecule has 0 amide bonds. The zero-order chi connectivity index (χ0) is 29.0. The first-order valence-electron chi connectivity index (χ1n) is 17.0. The molecule has 3 rings (SSSR count). The van der Waals surface area contributed by atoms with E-state index < -0.39 is 6.17 Å². The van der Waals surface area contributed by atoms with Crippen LogP contribution in [0.4, 0.5) is 4.39 Å². The van der Waals surface area contributed by atoms with E-state index in [0.717, 1.165) is 116 Å². The molecule has 0 aromatic carbocycles. The minimum Gasteiger partial charge on any atom is -0.468 e. The van der Waals surface area contributed by atoms with Crippen LogP contribution >= 0.6 is 0 Å². The van der Waals surface area contributed by atoms with Crippen LogP contribution in [0.1, 0.15) is 122 Å². The van der Waals surface area contributed by atoms with Crippen molar-refractivity contribution in [1.29, 1.82) is 0 Å². The molecule has 0 spiro atoms. The zero-order valence-electron chi connectivity index (χ0n) is 25.7. The predicted molar refractivity (Wildman–Crippen MR) is 160 cm³/mol. The Kier molecular flexibility index (Phi) is 18.2. The molecule has 3 saturated carbocycles. The first-order chi connectivity index (χ1) is 20.2. The molecule has 0 saturated heterocycles. The van der Waals surface area contributed by atoms with Crippen LogP contribution in [0.2, 0.25) is 0 Å². The highest BCUT2D eigenvalue weighted by Crippen LogP contribution is 2.46. The molecular weight excluding hydrogens is 523 g/mol. The highest BCUT2D eigenvalue weighted by atomic mass is 19.1. The number of ether oxygens (including phenoxy) is 3. The topological polar surface area (TPSA) is 63.2 Å². The van der Waals surface area contributed by atoms with Crippen LogP contribution in [0.3, 0.4) is 0 Å². The third kappa shape index (κ3) is 13.9. The van der Waals surface area contributed by atoms with Crippen molar-refractivity contribution >= 4 is 6.47 Å². The molecule has 0 N–H and O–H groups in total. The van der Waals surface area contributed by atoms with Crippen LogP contribution in [0.5, 0.6) is 0 Å². The Morgan fingerprint density at radius 3 is 1.71 bits per heavy atom. The predicted octanol–water partition coefficient (Wildman–Crippen LogP) is 8.32. The summed E-state index contributed by atoms with van der Waals surface area (Å²) in [7, 11) is 0. The Morgan fingerprint density at radius 2 is 1.15 bits per heavy atom. The third-order valence-electron chi connectivity index (χ3n) is 9.90. The maximum absolute atomic E-state index is 15.5. The van der Waals surface area contributed by atoms with Gasteiger partial charge in [-0.2, -0.15) is 0 Å². The van der Waals surface area contributed by atoms with Gasteiger partial charge in [0.1, 0.15) is 12.8 Å². The van der Waals surface area contributed by atoms with E-state index in [4.69, 9.17) is 24.0 Å². The van der Waals surface area contributed by atoms with Gasteiger partial charge in [0, 0.05) is 13.2 Å². The molecule has 7 heteroatoms. The molecule has 3 aliphatic carbocycles. The monoisotopic (exact) mass is 582 g/mol. The summed E-state index contributed by atoms with van der Waals surface area (Å²) >= 11 is 0. The third-order valence-corrected chi connectivity index (χ3v) is 9.90. The van der Waals surface area contributed by atoms with Gasteiger partial charge in [-0.1, -0.05) is 25.3 Å². The second kappa shape index (κ2) is 21.6. The van der Waals surface area contributed by atoms with Gasteiger partial charge in [-0.3, -0.25) is 4.79 Å². The van der Waals surface area contributed by atoms with Gasteiger partial charge in [0.25, 0.3) is 6.47 Å². The summed E-state index contributed by atoms with van der Waals surface area (Å²) in [5.41, 5.74) is 0. The molecule has 3 atom stereocenters. The second-order valence-electron chi connectivity index (χ2n) is 12.8. The van der Waals surface area contributed by atoms with Crippen molar-refractivity contribution in [3.05, 3.63) is 12.7 Å². The summed E-state index contributed by atoms with van der Waals surface area (Å²) in [6.07, 6.45) is 22.7. The SMILES string of the molecule is C=CCOOCCCCCCOC1CCC(C2CCC(C3CCC(OCCCCCCOC=O)CC3)C(F)C2)CC1. The van der Waals surface area contributed by atoms with E-state index in [1.165, 1.54) is 19.3 Å². The quantitative estimate of drug-likeness (QED) is 0.0420. The second-order valence-corrected chi connectivity index (χ2v) is 12.8. The first-order valence-corrected chi connectivity index (χ1v) is 17.0. The summed E-state index contributed by atoms with van der Waals surface area (Å²) in [5, 5.41) is 0. The number of hydrogen-bond acceptors (Lipinski definition) is 6. The smallest absolute Gasteiger partial charge is 0.293 e. The Bertz CT molecular complexity index is 662. The number of rotatable bonds is 22. The van der Waals surface area contributed by atoms with E-state index in [1.807, 2.05) is 0 Å². The summed E-state index contributed by atoms with van der Waals surface area (Å²) in [6.45, 7) is 7.38. The minimum atomic E-state index is -0.618. The van der Waals surface area contributed by atoms with Gasteiger partial charge in [0.15, 0.2) is 0 Å². The maximum Gasteiger partial charge on any atom is 0.293 e. The molecule has 0 bridgehead atoms. The van der Waals surface area contributed by atoms with E-state index >= 15 is 4.39 Å². The number of unbranched alkanes of at least 4 members (excludes halogenated alkanes) is 6. The van der Waals surface area contributed by atoms with Crippen molar-refractivity contribution in [3.63, 3.8) is 0 Å². The van der Waals surface area contributed by atoms with Crippen LogP contribution in [-0.2, 0) is 28.8 Å². The number of halogens is 1. The molecule has 238 valence electrons. The van der Waals surface area contributed by atoms with E-state index in [-0.39, 0.29) is 5.92 Å². The Labute approximate surface area is 249 Å². The fourth-order valence-electron chi connectivity index (χ4n) is 7.50. The molecule has 0 radical (unpaired) electrons. The highest BCUT2D eigenvalue weighted by Gasteiger charge is 2.40. The Hall–Kier alpha value is -1.02. The average molecular weight is 583 g/mol. The highest BCUT2D eigenvalue weighted by molar-refractivity contribution is 5.36. The van der Waals surface area contributed by atoms with E-state index in [1.54, 1.807) is 6.08 Å². The Balaban J connectivity index is 1.18. The minimum absolute atomic E-state index is 0.270. The van der Waals surface area contributed by atoms with Gasteiger partial charge < -0.3 is 14.2 Å². The lowest BCUT2D eigenvalue weighted by atomic mass is 9.65. The molecule has 3 aliphatic rings. The molecule has 0 aliphatic heterocycles. The van der Waals surface area contributed by atoms with E-state index in [0.29, 0.717) is 56.3 Å². The normalized spacial score (nSPS) is 30.6. The van der Waals surface area contributed by atoms with Crippen molar-refractivity contribution in [1.82, 2.24) is 0 Å². The lowest BCUT2D eigenvalue weighted by Crippen LogP contribution is -2.37. The molecular formula is C34H59FO6. The summed E-state index contributed by atoms with van der Waals surface area (Å²) in [4.78, 5) is 20.2. The van der Waals surface area contributed by atoms with E-state index in [9.17, 15) is 4.79 Å². The van der Waals surface area contributed by atoms with Gasteiger partial charge in [0.2, 0.25) is 0 Å². The fourth-order valence-corrected chi connectivity index (χ4v) is 7.50. The lowest BCUT2D eigenvalue weighted by molar-refractivity contribution is -0.286. The number of carbonyl (C=O) groups excluding carboxylic acids is 1. The number of alkyl halides is 1. The van der Waals surface area contributed by atoms with Crippen LogP contribution in [0.25, 0.3) is 0 Å². The molecule has 0 heterocycles. The largest absolute Gasteiger partial charge is 0.468 e. The zero-order valence-corrected chi connectivity index (χ0v) is 25.7. The average Bonchev–Trinajstić information content (AvgIpc) is 3.00. The summed E-state index contributed by atoms with van der Waals surface area (Å²) in [5.74, 6) is 2.08. The van der Waals surface area contributed by atoms with Crippen molar-refractivity contribution < 1.29 is 33.2 Å². The molecule has 3 unspecified atom stereocenters. The summed E-state index contributed by atoms with van der Waals surface area (Å²) in [6, 6.07) is 0. The molecule has 41 heavy (non-hydrogen) atoms. The standard InChI is InChI=1S/C34H59FO6/c1-2-21-40-41-25-10-6-5-9-24-38-31-16-11-28(12-17-31)30-15-20-33(34(35)26-30)29-13-18-32(19-14-29)39-23-8-4-3-7-22-37-27-36/h2,27-34H,1,3-26H2. The lowest BCUT2D eigenvalue weighted by Gasteiger charge is -2.43. The van der Waals surface area contributed by atoms with Crippen molar-refractivity contribution in [2.24, 2.45) is 23.7 Å². The van der Waals surface area contributed by atoms with Gasteiger partial charge in [0.05, 0.1) is 25.4 Å². The van der Waals surface area contributed by atoms with Gasteiger partial charge in [-0.15, -0.1) is 6.58 Å². The summed E-state index contributed by atoms with van der Waals surface area (Å²) < 4.78 is 32.5. The number of carbonyl (C=O) groups is 1. The Morgan fingerprint density at radius 1 is 0.610 bits per heavy atom. The van der Waals surface area contributed by atoms with E-state index in [2.05, 4.69) is 6.58 Å². The fraction of sp³-hybridized carbons (Fsp3) is 0.912. The van der Waals surface area contributed by atoms with Gasteiger partial charge in [-0.25, -0.2) is 14.2 Å². The van der Waals surface area contributed by atoms with Crippen molar-refractivity contribution in [2.75, 3.05) is 33.0 Å². The van der Waals surface area contributed by atoms with Gasteiger partial charge >= 0.3 is 0 Å². The molecule has 6 nitrogen and oxygen atoms in total. The van der Waals surface area contributed by atoms with Crippen LogP contribution in [0.15, 0.2) is 12.7 Å². The van der Waals surface area contributed by atoms with Crippen molar-refractivity contribution in [3.8, 4) is 0 Å². The maximum atomic E-state index is 15.5. The van der Waals surface area contributed by atoms with Crippen LogP contribution in [0, 0.1) is 23.7 Å². The van der Waals surface area contributed by atoms with Crippen LogP contribution < -0.4 is 0 Å². The molecule has 3 fully saturated rings.